The van der Waals surface area contributed by atoms with E-state index in [-0.39, 0.29) is 11.8 Å². The maximum absolute atomic E-state index is 11.7. The number of amides is 1. The van der Waals surface area contributed by atoms with Crippen LogP contribution in [0.5, 0.6) is 11.5 Å². The predicted molar refractivity (Wildman–Crippen MR) is 67.7 cm³/mol. The number of carbonyl (C=O) groups is 1. The van der Waals surface area contributed by atoms with Crippen LogP contribution < -0.4 is 20.3 Å². The van der Waals surface area contributed by atoms with Crippen LogP contribution in [0.2, 0.25) is 0 Å². The van der Waals surface area contributed by atoms with E-state index in [9.17, 15) is 4.79 Å². The first-order valence-electron chi connectivity index (χ1n) is 6.08. The van der Waals surface area contributed by atoms with Gasteiger partial charge in [0.1, 0.15) is 0 Å². The molecule has 98 valence electrons. The van der Waals surface area contributed by atoms with Crippen LogP contribution in [-0.2, 0) is 4.79 Å². The minimum absolute atomic E-state index is 0.0769. The monoisotopic (exact) mass is 250 g/mol. The van der Waals surface area contributed by atoms with E-state index >= 15 is 0 Å². The number of rotatable bonds is 3. The van der Waals surface area contributed by atoms with Crippen molar-refractivity contribution in [1.29, 1.82) is 0 Å². The van der Waals surface area contributed by atoms with Gasteiger partial charge in [0, 0.05) is 13.5 Å². The van der Waals surface area contributed by atoms with Crippen LogP contribution in [0.15, 0.2) is 18.2 Å². The Bertz CT molecular complexity index is 434. The molecule has 1 aromatic rings. The van der Waals surface area contributed by atoms with Crippen LogP contribution in [0.3, 0.4) is 0 Å². The van der Waals surface area contributed by atoms with Crippen molar-refractivity contribution in [2.24, 2.45) is 0 Å². The van der Waals surface area contributed by atoms with Crippen LogP contribution in [0.25, 0.3) is 0 Å². The molecule has 2 rings (SSSR count). The molecule has 1 aliphatic rings. The number of ether oxygens (including phenoxy) is 2. The molecule has 1 atom stereocenters. The van der Waals surface area contributed by atoms with Gasteiger partial charge in [0.05, 0.1) is 19.1 Å². The molecule has 0 bridgehead atoms. The Morgan fingerprint density at radius 3 is 2.72 bits per heavy atom. The number of hydrogen-bond acceptors (Lipinski definition) is 4. The van der Waals surface area contributed by atoms with Gasteiger partial charge in [-0.1, -0.05) is 6.07 Å². The molecular weight excluding hydrogens is 232 g/mol. The summed E-state index contributed by atoms with van der Waals surface area (Å²) in [5, 5.41) is 0. The molecule has 1 aromatic carbocycles. The molecule has 0 radical (unpaired) electrons. The minimum atomic E-state index is -0.241. The third kappa shape index (κ3) is 2.73. The summed E-state index contributed by atoms with van der Waals surface area (Å²) in [5.41, 5.74) is 6.12. The third-order valence-corrected chi connectivity index (χ3v) is 2.91. The Balaban J connectivity index is 2.19. The summed E-state index contributed by atoms with van der Waals surface area (Å²) in [6.07, 6.45) is 0.875. The Hall–Kier alpha value is -1.75. The van der Waals surface area contributed by atoms with Crippen molar-refractivity contribution in [3.63, 3.8) is 0 Å². The van der Waals surface area contributed by atoms with E-state index in [0.29, 0.717) is 19.0 Å². The van der Waals surface area contributed by atoms with E-state index in [2.05, 4.69) is 10.9 Å². The summed E-state index contributed by atoms with van der Waals surface area (Å²) in [6.45, 7) is 3.17. The number of hydrogen-bond donors (Lipinski definition) is 2. The van der Waals surface area contributed by atoms with Crippen molar-refractivity contribution in [3.05, 3.63) is 23.8 Å². The van der Waals surface area contributed by atoms with Crippen molar-refractivity contribution in [2.75, 3.05) is 20.3 Å². The smallest absolute Gasteiger partial charge is 0.241 e. The topological polar surface area (TPSA) is 59.6 Å². The molecular formula is C13H18N2O3. The van der Waals surface area contributed by atoms with Crippen molar-refractivity contribution < 1.29 is 14.3 Å². The minimum Gasteiger partial charge on any atom is -0.490 e. The van der Waals surface area contributed by atoms with E-state index in [1.807, 2.05) is 25.1 Å². The standard InChI is InChI=1S/C13H18N2O3/c1-9(13(16)15-14-2)10-4-5-11-12(8-10)18-7-3-6-17-11/h4-5,8-9,14H,3,6-7H2,1-2H3,(H,15,16). The Labute approximate surface area is 106 Å². The largest absolute Gasteiger partial charge is 0.490 e. The highest BCUT2D eigenvalue weighted by Gasteiger charge is 2.18. The summed E-state index contributed by atoms with van der Waals surface area (Å²) < 4.78 is 11.2. The molecule has 5 heteroatoms. The van der Waals surface area contributed by atoms with Crippen molar-refractivity contribution >= 4 is 5.91 Å². The van der Waals surface area contributed by atoms with Gasteiger partial charge in [0.15, 0.2) is 11.5 Å². The third-order valence-electron chi connectivity index (χ3n) is 2.91. The fourth-order valence-electron chi connectivity index (χ4n) is 1.83. The molecule has 2 N–H and O–H groups in total. The van der Waals surface area contributed by atoms with Gasteiger partial charge in [-0.3, -0.25) is 10.2 Å². The normalized spacial score (nSPS) is 15.7. The summed E-state index contributed by atoms with van der Waals surface area (Å²) in [4.78, 5) is 11.7. The van der Waals surface area contributed by atoms with Gasteiger partial charge in [0.25, 0.3) is 0 Å². The van der Waals surface area contributed by atoms with Gasteiger partial charge in [-0.25, -0.2) is 5.43 Å². The molecule has 1 amide bonds. The van der Waals surface area contributed by atoms with Crippen LogP contribution in [-0.4, -0.2) is 26.2 Å². The lowest BCUT2D eigenvalue weighted by Gasteiger charge is -2.14. The molecule has 0 spiro atoms. The molecule has 1 heterocycles. The number of benzene rings is 1. The highest BCUT2D eigenvalue weighted by Crippen LogP contribution is 2.32. The molecule has 18 heavy (non-hydrogen) atoms. The zero-order chi connectivity index (χ0) is 13.0. The summed E-state index contributed by atoms with van der Waals surface area (Å²) in [5.74, 6) is 1.15. The zero-order valence-electron chi connectivity index (χ0n) is 10.7. The molecule has 5 nitrogen and oxygen atoms in total. The number of carbonyl (C=O) groups excluding carboxylic acids is 1. The van der Waals surface area contributed by atoms with E-state index < -0.39 is 0 Å². The Morgan fingerprint density at radius 2 is 2.00 bits per heavy atom. The summed E-state index contributed by atoms with van der Waals surface area (Å²) >= 11 is 0. The van der Waals surface area contributed by atoms with Gasteiger partial charge in [-0.15, -0.1) is 0 Å². The fourth-order valence-corrected chi connectivity index (χ4v) is 1.83. The highest BCUT2D eigenvalue weighted by atomic mass is 16.5. The maximum Gasteiger partial charge on any atom is 0.241 e. The van der Waals surface area contributed by atoms with E-state index in [1.165, 1.54) is 0 Å². The van der Waals surface area contributed by atoms with E-state index in [4.69, 9.17) is 9.47 Å². The molecule has 0 saturated heterocycles. The Morgan fingerprint density at radius 1 is 1.28 bits per heavy atom. The maximum atomic E-state index is 11.7. The Kier molecular flexibility index (Phi) is 4.04. The lowest BCUT2D eigenvalue weighted by Crippen LogP contribution is -2.37. The second-order valence-corrected chi connectivity index (χ2v) is 4.22. The summed E-state index contributed by atoms with van der Waals surface area (Å²) in [7, 11) is 1.67. The van der Waals surface area contributed by atoms with Crippen molar-refractivity contribution in [1.82, 2.24) is 10.9 Å². The molecule has 1 aliphatic heterocycles. The van der Waals surface area contributed by atoms with Crippen LogP contribution in [0.4, 0.5) is 0 Å². The van der Waals surface area contributed by atoms with Crippen LogP contribution in [0, 0.1) is 0 Å². The number of hydrazine groups is 1. The first-order chi connectivity index (χ1) is 8.72. The molecule has 0 fully saturated rings. The van der Waals surface area contributed by atoms with Gasteiger partial charge in [-0.2, -0.15) is 0 Å². The average molecular weight is 250 g/mol. The van der Waals surface area contributed by atoms with Gasteiger partial charge in [-0.05, 0) is 24.6 Å². The van der Waals surface area contributed by atoms with Crippen LogP contribution in [0.1, 0.15) is 24.8 Å². The lowest BCUT2D eigenvalue weighted by atomic mass is 10.00. The zero-order valence-corrected chi connectivity index (χ0v) is 10.7. The van der Waals surface area contributed by atoms with Gasteiger partial charge >= 0.3 is 0 Å². The first-order valence-corrected chi connectivity index (χ1v) is 6.08. The number of nitrogens with one attached hydrogen (secondary N) is 2. The van der Waals surface area contributed by atoms with Crippen molar-refractivity contribution in [3.8, 4) is 11.5 Å². The second kappa shape index (κ2) is 5.73. The van der Waals surface area contributed by atoms with E-state index in [0.717, 1.165) is 17.7 Å². The first kappa shape index (κ1) is 12.7. The average Bonchev–Trinajstić information content (AvgIpc) is 2.62. The molecule has 0 aromatic heterocycles. The lowest BCUT2D eigenvalue weighted by molar-refractivity contribution is -0.123. The van der Waals surface area contributed by atoms with Crippen molar-refractivity contribution in [2.45, 2.75) is 19.3 Å². The fraction of sp³-hybridized carbons (Fsp3) is 0.462. The number of fused-ring (bicyclic) bond motifs is 1. The van der Waals surface area contributed by atoms with Gasteiger partial charge < -0.3 is 9.47 Å². The highest BCUT2D eigenvalue weighted by molar-refractivity contribution is 5.83. The molecule has 0 aliphatic carbocycles. The molecule has 1 unspecified atom stereocenters. The SMILES string of the molecule is CNNC(=O)C(C)c1ccc2c(c1)OCCCO2. The van der Waals surface area contributed by atoms with E-state index in [1.54, 1.807) is 7.05 Å². The van der Waals surface area contributed by atoms with Gasteiger partial charge in [0.2, 0.25) is 5.91 Å². The predicted octanol–water partition coefficient (Wildman–Crippen LogP) is 1.20. The summed E-state index contributed by atoms with van der Waals surface area (Å²) in [6, 6.07) is 5.63. The second-order valence-electron chi connectivity index (χ2n) is 4.22. The quantitative estimate of drug-likeness (QED) is 0.791. The molecule has 0 saturated carbocycles. The van der Waals surface area contributed by atoms with Crippen LogP contribution >= 0.6 is 0 Å².